The van der Waals surface area contributed by atoms with Gasteiger partial charge in [-0.05, 0) is 19.8 Å². The zero-order valence-corrected chi connectivity index (χ0v) is 18.4. The largest absolute Gasteiger partial charge is 0.434 e. The van der Waals surface area contributed by atoms with Crippen molar-refractivity contribution in [3.05, 3.63) is 23.8 Å². The average Bonchev–Trinajstić information content (AvgIpc) is 2.67. The number of nitrogens with zero attached hydrogens (tertiary/aromatic N) is 5. The number of nitrogens with one attached hydrogen (secondary N) is 3. The Balaban J connectivity index is 0.000000913. The van der Waals surface area contributed by atoms with Crippen LogP contribution in [-0.2, 0) is 11.0 Å². The molecule has 174 valence electrons. The van der Waals surface area contributed by atoms with Gasteiger partial charge in [-0.2, -0.15) is 18.2 Å². The zero-order chi connectivity index (χ0) is 23.5. The maximum atomic E-state index is 12.5. The normalized spacial score (nSPS) is 19.7. The second kappa shape index (κ2) is 9.53. The van der Waals surface area contributed by atoms with Gasteiger partial charge in [0.2, 0.25) is 11.9 Å². The topological polar surface area (TPSA) is 108 Å². The number of alkyl halides is 3. The molecule has 0 atom stereocenters. The number of aryl methyl sites for hydroxylation is 1. The number of aromatic nitrogens is 4. The van der Waals surface area contributed by atoms with Crippen molar-refractivity contribution in [1.29, 1.82) is 0 Å². The van der Waals surface area contributed by atoms with Gasteiger partial charge in [0.1, 0.15) is 11.5 Å². The third-order valence-corrected chi connectivity index (χ3v) is 4.84. The van der Waals surface area contributed by atoms with Crippen LogP contribution < -0.4 is 20.9 Å². The SMILES string of the molecule is CCC.Cc1nc(NC2CC(Nc3cnc(C(F)(F)F)cn3)C2)nc2c1NC(=O)CN2C. The third-order valence-electron chi connectivity index (χ3n) is 4.84. The van der Waals surface area contributed by atoms with Gasteiger partial charge in [0.25, 0.3) is 0 Å². The molecule has 2 aliphatic rings. The van der Waals surface area contributed by atoms with E-state index < -0.39 is 11.9 Å². The van der Waals surface area contributed by atoms with Gasteiger partial charge < -0.3 is 20.9 Å². The third kappa shape index (κ3) is 5.54. The minimum Gasteiger partial charge on any atom is -0.366 e. The van der Waals surface area contributed by atoms with Crippen molar-refractivity contribution in [3.8, 4) is 0 Å². The number of fused-ring (bicyclic) bond motifs is 1. The number of hydrogen-bond donors (Lipinski definition) is 3. The molecule has 0 aromatic carbocycles. The summed E-state index contributed by atoms with van der Waals surface area (Å²) in [6.45, 7) is 6.28. The van der Waals surface area contributed by atoms with Gasteiger partial charge in [0.05, 0.1) is 24.6 Å². The van der Waals surface area contributed by atoms with Gasteiger partial charge in [-0.15, -0.1) is 0 Å². The summed E-state index contributed by atoms with van der Waals surface area (Å²) in [5.74, 6) is 1.34. The van der Waals surface area contributed by atoms with Crippen LogP contribution in [0.4, 0.5) is 36.4 Å². The van der Waals surface area contributed by atoms with Crippen LogP contribution in [0, 0.1) is 6.92 Å². The summed E-state index contributed by atoms with van der Waals surface area (Å²) < 4.78 is 37.6. The number of hydrogen-bond acceptors (Lipinski definition) is 8. The van der Waals surface area contributed by atoms with E-state index in [4.69, 9.17) is 0 Å². The molecule has 0 unspecified atom stereocenters. The number of halogens is 3. The maximum Gasteiger partial charge on any atom is 0.434 e. The molecule has 0 saturated heterocycles. The fourth-order valence-corrected chi connectivity index (χ4v) is 3.31. The smallest absolute Gasteiger partial charge is 0.366 e. The molecule has 0 radical (unpaired) electrons. The molecule has 0 spiro atoms. The fourth-order valence-electron chi connectivity index (χ4n) is 3.31. The Morgan fingerprint density at radius 1 is 1.12 bits per heavy atom. The lowest BCUT2D eigenvalue weighted by Crippen LogP contribution is -2.44. The van der Waals surface area contributed by atoms with E-state index in [-0.39, 0.29) is 24.5 Å². The zero-order valence-electron chi connectivity index (χ0n) is 18.4. The number of carbonyl (C=O) groups excluding carboxylic acids is 1. The Labute approximate surface area is 184 Å². The molecule has 3 N–H and O–H groups in total. The number of anilines is 4. The molecule has 0 bridgehead atoms. The van der Waals surface area contributed by atoms with Crippen LogP contribution in [0.2, 0.25) is 0 Å². The van der Waals surface area contributed by atoms with Gasteiger partial charge in [-0.3, -0.25) is 4.79 Å². The lowest BCUT2D eigenvalue weighted by Gasteiger charge is -2.37. The first-order valence-corrected chi connectivity index (χ1v) is 10.4. The number of likely N-dealkylation sites (N-methyl/N-ethyl adjacent to an activating group) is 1. The Morgan fingerprint density at radius 3 is 2.38 bits per heavy atom. The molecule has 9 nitrogen and oxygen atoms in total. The maximum absolute atomic E-state index is 12.5. The molecule has 12 heteroatoms. The molecule has 1 aliphatic carbocycles. The van der Waals surface area contributed by atoms with Crippen LogP contribution in [0.3, 0.4) is 0 Å². The minimum atomic E-state index is -4.50. The van der Waals surface area contributed by atoms with Gasteiger partial charge in [0.15, 0.2) is 11.5 Å². The first-order valence-electron chi connectivity index (χ1n) is 10.4. The van der Waals surface area contributed by atoms with E-state index in [2.05, 4.69) is 49.7 Å². The molecule has 1 fully saturated rings. The lowest BCUT2D eigenvalue weighted by molar-refractivity contribution is -0.141. The van der Waals surface area contributed by atoms with Crippen molar-refractivity contribution < 1.29 is 18.0 Å². The first-order chi connectivity index (χ1) is 15.1. The van der Waals surface area contributed by atoms with Crippen LogP contribution in [0.5, 0.6) is 0 Å². The number of rotatable bonds is 4. The highest BCUT2D eigenvalue weighted by Crippen LogP contribution is 2.32. The van der Waals surface area contributed by atoms with E-state index in [9.17, 15) is 18.0 Å². The van der Waals surface area contributed by atoms with Gasteiger partial charge in [-0.1, -0.05) is 20.3 Å². The van der Waals surface area contributed by atoms with E-state index in [1.807, 2.05) is 0 Å². The van der Waals surface area contributed by atoms with Crippen molar-refractivity contribution in [1.82, 2.24) is 19.9 Å². The summed E-state index contributed by atoms with van der Waals surface area (Å²) in [6, 6.07) is 0.190. The fraction of sp³-hybridized carbons (Fsp3) is 0.550. The molecule has 3 heterocycles. The van der Waals surface area contributed by atoms with Crippen LogP contribution in [0.25, 0.3) is 0 Å². The minimum absolute atomic E-state index is 0.0687. The second-order valence-electron chi connectivity index (χ2n) is 7.88. The molecule has 1 amide bonds. The summed E-state index contributed by atoms with van der Waals surface area (Å²) in [4.78, 5) is 29.5. The van der Waals surface area contributed by atoms with Crippen LogP contribution in [-0.4, -0.2) is 51.5 Å². The predicted molar refractivity (Wildman–Crippen MR) is 116 cm³/mol. The molecule has 2 aromatic rings. The predicted octanol–water partition coefficient (Wildman–Crippen LogP) is 3.45. The summed E-state index contributed by atoms with van der Waals surface area (Å²) in [5.41, 5.74) is 0.270. The first kappa shape index (κ1) is 23.5. The van der Waals surface area contributed by atoms with E-state index in [1.165, 1.54) is 6.42 Å². The summed E-state index contributed by atoms with van der Waals surface area (Å²) in [5, 5.41) is 9.12. The standard InChI is InChI=1S/C17H19F3N8O.C3H8/c1-8-14-15(28(2)7-13(29)26-14)27-16(23-8)25-10-3-9(4-10)24-12-6-21-11(5-22-12)17(18,19)20;1-3-2/h5-6,9-10H,3-4,7H2,1-2H3,(H,22,24)(H,26,29)(H,23,25,27);3H2,1-2H3. The van der Waals surface area contributed by atoms with E-state index in [1.54, 1.807) is 18.9 Å². The Kier molecular flexibility index (Phi) is 6.99. The molecule has 32 heavy (non-hydrogen) atoms. The van der Waals surface area contributed by atoms with Crippen molar-refractivity contribution >= 4 is 29.2 Å². The molecule has 1 aliphatic heterocycles. The highest BCUT2D eigenvalue weighted by Gasteiger charge is 2.34. The van der Waals surface area contributed by atoms with Gasteiger partial charge in [-0.25, -0.2) is 15.0 Å². The molecular formula is C20H27F3N8O. The molecular weight excluding hydrogens is 425 g/mol. The highest BCUT2D eigenvalue weighted by molar-refractivity contribution is 6.00. The number of carbonyl (C=O) groups is 1. The van der Waals surface area contributed by atoms with E-state index in [0.29, 0.717) is 29.0 Å². The molecule has 1 saturated carbocycles. The summed E-state index contributed by atoms with van der Waals surface area (Å²) in [7, 11) is 1.79. The van der Waals surface area contributed by atoms with Gasteiger partial charge >= 0.3 is 6.18 Å². The Hall–Kier alpha value is -3.18. The summed E-state index contributed by atoms with van der Waals surface area (Å²) in [6.07, 6.45) is 0.0177. The van der Waals surface area contributed by atoms with Gasteiger partial charge in [0, 0.05) is 19.1 Å². The van der Waals surface area contributed by atoms with Crippen molar-refractivity contribution in [2.75, 3.05) is 34.4 Å². The Bertz CT molecular complexity index is 945. The van der Waals surface area contributed by atoms with Crippen LogP contribution >= 0.6 is 0 Å². The quantitative estimate of drug-likeness (QED) is 0.648. The summed E-state index contributed by atoms with van der Waals surface area (Å²) >= 11 is 0. The van der Waals surface area contributed by atoms with Crippen LogP contribution in [0.15, 0.2) is 12.4 Å². The highest BCUT2D eigenvalue weighted by atomic mass is 19.4. The van der Waals surface area contributed by atoms with E-state index >= 15 is 0 Å². The van der Waals surface area contributed by atoms with Crippen molar-refractivity contribution in [2.45, 2.75) is 58.3 Å². The Morgan fingerprint density at radius 2 is 1.78 bits per heavy atom. The van der Waals surface area contributed by atoms with Crippen molar-refractivity contribution in [3.63, 3.8) is 0 Å². The van der Waals surface area contributed by atoms with E-state index in [0.717, 1.165) is 25.2 Å². The van der Waals surface area contributed by atoms with Crippen molar-refractivity contribution in [2.24, 2.45) is 0 Å². The molecule has 4 rings (SSSR count). The second-order valence-corrected chi connectivity index (χ2v) is 7.88. The number of amides is 1. The molecule has 2 aromatic heterocycles. The monoisotopic (exact) mass is 452 g/mol. The van der Waals surface area contributed by atoms with Crippen LogP contribution in [0.1, 0.15) is 44.5 Å². The average molecular weight is 452 g/mol. The lowest BCUT2D eigenvalue weighted by atomic mass is 9.87.